The topological polar surface area (TPSA) is 94.0 Å². The Morgan fingerprint density at radius 1 is 1.25 bits per heavy atom. The molecule has 0 spiro atoms. The van der Waals surface area contributed by atoms with Crippen LogP contribution in [0.2, 0.25) is 0 Å². The highest BCUT2D eigenvalue weighted by atomic mass is 79.9. The number of anilines is 1. The largest absolute Gasteiger partial charge is 0.359 e. The molecule has 0 aliphatic heterocycles. The summed E-state index contributed by atoms with van der Waals surface area (Å²) < 4.78 is 6.02. The molecule has 3 aromatic rings. The number of nitrogens with one attached hydrogen (secondary N) is 2. The second-order valence-electron chi connectivity index (χ2n) is 6.15. The number of hydrazine groups is 1. The van der Waals surface area contributed by atoms with Gasteiger partial charge in [0.15, 0.2) is 21.8 Å². The van der Waals surface area contributed by atoms with Gasteiger partial charge in [0.05, 0.1) is 17.3 Å². The van der Waals surface area contributed by atoms with Crippen molar-refractivity contribution < 1.29 is 9.53 Å². The predicted octanol–water partition coefficient (Wildman–Crippen LogP) is 2.88. The maximum atomic E-state index is 11.9. The van der Waals surface area contributed by atoms with Crippen LogP contribution < -0.4 is 10.9 Å². The number of fused-ring (bicyclic) bond motifs is 1. The first kappa shape index (κ1) is 18.3. The maximum absolute atomic E-state index is 11.9. The van der Waals surface area contributed by atoms with Crippen LogP contribution in [0.3, 0.4) is 0 Å². The van der Waals surface area contributed by atoms with E-state index >= 15 is 0 Å². The monoisotopic (exact) mass is 440 g/mol. The zero-order valence-corrected chi connectivity index (χ0v) is 16.5. The number of halogens is 1. The van der Waals surface area contributed by atoms with E-state index in [4.69, 9.17) is 4.74 Å². The lowest BCUT2D eigenvalue weighted by molar-refractivity contribution is -0.126. The molecule has 0 fully saturated rings. The molecule has 0 saturated heterocycles. The number of allylic oxidation sites excluding steroid dienone is 1. The molecule has 2 aromatic heterocycles. The number of benzene rings is 1. The number of carbonyl (C=O) groups excluding carboxylic acids is 1. The summed E-state index contributed by atoms with van der Waals surface area (Å²) in [5, 5.41) is 5.20. The summed E-state index contributed by atoms with van der Waals surface area (Å²) in [5.74, 6) is 0.475. The Labute approximate surface area is 169 Å². The molecule has 0 bridgehead atoms. The third kappa shape index (κ3) is 3.41. The molecule has 9 heteroatoms. The van der Waals surface area contributed by atoms with E-state index in [0.717, 1.165) is 16.6 Å². The minimum absolute atomic E-state index is 0.119. The van der Waals surface area contributed by atoms with Crippen molar-refractivity contribution in [3.63, 3.8) is 0 Å². The number of hydrogen-bond acceptors (Lipinski definition) is 7. The van der Waals surface area contributed by atoms with Crippen LogP contribution in [0.15, 0.2) is 66.8 Å². The average molecular weight is 441 g/mol. The minimum atomic E-state index is -1.02. The van der Waals surface area contributed by atoms with Crippen LogP contribution in [0, 0.1) is 0 Å². The number of aromatic nitrogens is 4. The number of ether oxygens (including phenoxy) is 1. The van der Waals surface area contributed by atoms with Crippen molar-refractivity contribution in [1.82, 2.24) is 25.2 Å². The van der Waals surface area contributed by atoms with Gasteiger partial charge in [-0.05, 0) is 39.7 Å². The van der Waals surface area contributed by atoms with E-state index in [1.54, 1.807) is 23.2 Å². The third-order valence-electron chi connectivity index (χ3n) is 4.39. The van der Waals surface area contributed by atoms with Crippen LogP contribution in [0.25, 0.3) is 16.7 Å². The molecule has 142 valence electrons. The van der Waals surface area contributed by atoms with Gasteiger partial charge < -0.3 is 10.2 Å². The van der Waals surface area contributed by atoms with Gasteiger partial charge in [-0.1, -0.05) is 24.3 Å². The lowest BCUT2D eigenvalue weighted by atomic mass is 9.99. The summed E-state index contributed by atoms with van der Waals surface area (Å²) in [6.07, 6.45) is 8.59. The highest BCUT2D eigenvalue weighted by molar-refractivity contribution is 9.10. The molecule has 1 atom stereocenters. The van der Waals surface area contributed by atoms with Gasteiger partial charge in [0, 0.05) is 19.7 Å². The predicted molar refractivity (Wildman–Crippen MR) is 109 cm³/mol. The van der Waals surface area contributed by atoms with Crippen molar-refractivity contribution >= 4 is 38.6 Å². The van der Waals surface area contributed by atoms with Crippen molar-refractivity contribution in [2.24, 2.45) is 0 Å². The van der Waals surface area contributed by atoms with Gasteiger partial charge in [-0.25, -0.2) is 14.6 Å². The standard InChI is InChI=1S/C19H17BrN6O2/c1-28-19(20)9-13(7-8-16(19)27)10-23-25-17-15-11-24-26(18(15)22-12-21-17)14-5-3-2-4-6-14/h2-8,10-12,23H,9H2,1H3,(H,21,22,25). The van der Waals surface area contributed by atoms with Gasteiger partial charge in [-0.15, -0.1) is 0 Å². The summed E-state index contributed by atoms with van der Waals surface area (Å²) in [5.41, 5.74) is 8.56. The Morgan fingerprint density at radius 3 is 2.86 bits per heavy atom. The lowest BCUT2D eigenvalue weighted by Gasteiger charge is -2.26. The van der Waals surface area contributed by atoms with Crippen molar-refractivity contribution in [3.05, 3.63) is 66.8 Å². The fourth-order valence-corrected chi connectivity index (χ4v) is 3.34. The first-order valence-corrected chi connectivity index (χ1v) is 9.31. The average Bonchev–Trinajstić information content (AvgIpc) is 3.16. The fraction of sp³-hybridized carbons (Fsp3) is 0.158. The molecule has 2 heterocycles. The van der Waals surface area contributed by atoms with Gasteiger partial charge in [0.25, 0.3) is 0 Å². The minimum Gasteiger partial charge on any atom is -0.359 e. The lowest BCUT2D eigenvalue weighted by Crippen LogP contribution is -2.35. The Bertz CT molecular complexity index is 1080. The number of ketones is 1. The molecule has 0 radical (unpaired) electrons. The van der Waals surface area contributed by atoms with Gasteiger partial charge in [-0.2, -0.15) is 5.10 Å². The Kier molecular flexibility index (Phi) is 4.93. The molecule has 0 saturated carbocycles. The van der Waals surface area contributed by atoms with E-state index in [0.29, 0.717) is 17.9 Å². The van der Waals surface area contributed by atoms with Crippen LogP contribution in [0.4, 0.5) is 5.82 Å². The number of para-hydroxylation sites is 1. The molecule has 28 heavy (non-hydrogen) atoms. The Balaban J connectivity index is 1.54. The van der Waals surface area contributed by atoms with Crippen LogP contribution in [-0.2, 0) is 9.53 Å². The number of carbonyl (C=O) groups is 1. The second-order valence-corrected chi connectivity index (χ2v) is 7.43. The molecule has 4 rings (SSSR count). The molecule has 2 N–H and O–H groups in total. The fourth-order valence-electron chi connectivity index (χ4n) is 2.89. The van der Waals surface area contributed by atoms with Crippen molar-refractivity contribution in [1.29, 1.82) is 0 Å². The number of hydrogen-bond donors (Lipinski definition) is 2. The second kappa shape index (κ2) is 7.53. The summed E-state index contributed by atoms with van der Waals surface area (Å²) in [6.45, 7) is 0. The van der Waals surface area contributed by atoms with E-state index in [2.05, 4.69) is 41.8 Å². The van der Waals surface area contributed by atoms with Crippen molar-refractivity contribution in [2.45, 2.75) is 10.9 Å². The maximum Gasteiger partial charge on any atom is 0.198 e. The normalized spacial score (nSPS) is 20.6. The highest BCUT2D eigenvalue weighted by Gasteiger charge is 2.36. The van der Waals surface area contributed by atoms with Gasteiger partial charge in [-0.3, -0.25) is 10.2 Å². The van der Waals surface area contributed by atoms with Gasteiger partial charge in [0.1, 0.15) is 6.33 Å². The van der Waals surface area contributed by atoms with E-state index < -0.39 is 4.51 Å². The van der Waals surface area contributed by atoms with Crippen LogP contribution in [-0.4, -0.2) is 37.2 Å². The molecular formula is C19H17BrN6O2. The zero-order valence-electron chi connectivity index (χ0n) is 15.0. The van der Waals surface area contributed by atoms with Crippen LogP contribution in [0.5, 0.6) is 0 Å². The number of nitrogens with zero attached hydrogens (tertiary/aromatic N) is 4. The molecule has 0 amide bonds. The van der Waals surface area contributed by atoms with E-state index in [-0.39, 0.29) is 5.78 Å². The first-order chi connectivity index (χ1) is 13.6. The Morgan fingerprint density at radius 2 is 2.07 bits per heavy atom. The third-order valence-corrected chi connectivity index (χ3v) is 5.38. The molecular weight excluding hydrogens is 424 g/mol. The molecule has 8 nitrogen and oxygen atoms in total. The molecule has 1 aliphatic carbocycles. The summed E-state index contributed by atoms with van der Waals surface area (Å²) in [4.78, 5) is 20.5. The molecule has 1 aromatic carbocycles. The highest BCUT2D eigenvalue weighted by Crippen LogP contribution is 2.32. The summed E-state index contributed by atoms with van der Waals surface area (Å²) in [7, 11) is 1.50. The molecule has 1 unspecified atom stereocenters. The van der Waals surface area contributed by atoms with E-state index in [1.165, 1.54) is 19.5 Å². The van der Waals surface area contributed by atoms with Crippen molar-refractivity contribution in [3.8, 4) is 5.69 Å². The quantitative estimate of drug-likeness (QED) is 0.465. The van der Waals surface area contributed by atoms with Gasteiger partial charge >= 0.3 is 0 Å². The number of alkyl halides is 1. The van der Waals surface area contributed by atoms with Crippen molar-refractivity contribution in [2.75, 3.05) is 12.5 Å². The van der Waals surface area contributed by atoms with Crippen LogP contribution >= 0.6 is 15.9 Å². The number of rotatable bonds is 5. The van der Waals surface area contributed by atoms with E-state index in [1.807, 2.05) is 30.3 Å². The first-order valence-electron chi connectivity index (χ1n) is 8.52. The molecule has 1 aliphatic rings. The van der Waals surface area contributed by atoms with Gasteiger partial charge in [0.2, 0.25) is 0 Å². The Hall–Kier alpha value is -3.04. The smallest absolute Gasteiger partial charge is 0.198 e. The summed E-state index contributed by atoms with van der Waals surface area (Å²) >= 11 is 3.35. The SMILES string of the molecule is COC1(Br)CC(=CNNc2ncnc3c2cnn3-c2ccccc2)C=CC1=O. The van der Waals surface area contributed by atoms with E-state index in [9.17, 15) is 4.79 Å². The summed E-state index contributed by atoms with van der Waals surface area (Å²) in [6, 6.07) is 9.77. The zero-order chi connectivity index (χ0) is 19.6. The van der Waals surface area contributed by atoms with Crippen LogP contribution in [0.1, 0.15) is 6.42 Å². The number of methoxy groups -OCH3 is 1.